The van der Waals surface area contributed by atoms with E-state index in [1.54, 1.807) is 38.3 Å². The van der Waals surface area contributed by atoms with Crippen LogP contribution in [0.4, 0.5) is 0 Å². The second-order valence-corrected chi connectivity index (χ2v) is 7.18. The summed E-state index contributed by atoms with van der Waals surface area (Å²) in [5.41, 5.74) is 1.07. The molecule has 0 aliphatic rings. The average molecular weight is 333 g/mol. The van der Waals surface area contributed by atoms with E-state index in [0.29, 0.717) is 6.54 Å². The molecule has 0 aliphatic heterocycles. The van der Waals surface area contributed by atoms with Gasteiger partial charge in [0.05, 0.1) is 23.3 Å². The Balaban J connectivity index is 2.15. The van der Waals surface area contributed by atoms with Crippen LogP contribution < -0.4 is 10.1 Å². The van der Waals surface area contributed by atoms with Crippen LogP contribution in [-0.2, 0) is 16.4 Å². The van der Waals surface area contributed by atoms with Crippen LogP contribution in [0.5, 0.6) is 5.75 Å². The summed E-state index contributed by atoms with van der Waals surface area (Å²) >= 11 is 0. The van der Waals surface area contributed by atoms with Crippen LogP contribution in [0.15, 0.2) is 53.4 Å². The number of benzene rings is 2. The standard InChI is InChI=1S/C17H19NO4S/c1-3-23(20,21)16-7-5-4-6-15(16)17(19)18-12-13-8-10-14(22-2)11-9-13/h4-11H,3,12H2,1-2H3,(H,18,19). The second kappa shape index (κ2) is 7.28. The van der Waals surface area contributed by atoms with Gasteiger partial charge in [-0.1, -0.05) is 31.2 Å². The van der Waals surface area contributed by atoms with Gasteiger partial charge in [-0.2, -0.15) is 0 Å². The molecule has 6 heteroatoms. The van der Waals surface area contributed by atoms with Crippen molar-refractivity contribution >= 4 is 15.7 Å². The summed E-state index contributed by atoms with van der Waals surface area (Å²) in [5.74, 6) is 0.281. The van der Waals surface area contributed by atoms with Gasteiger partial charge < -0.3 is 10.1 Å². The fourth-order valence-corrected chi connectivity index (χ4v) is 3.19. The van der Waals surface area contributed by atoms with Gasteiger partial charge in [0.15, 0.2) is 9.84 Å². The number of hydrogen-bond acceptors (Lipinski definition) is 4. The molecular weight excluding hydrogens is 314 g/mol. The van der Waals surface area contributed by atoms with Crippen molar-refractivity contribution in [3.8, 4) is 5.75 Å². The van der Waals surface area contributed by atoms with E-state index in [9.17, 15) is 13.2 Å². The zero-order chi connectivity index (χ0) is 16.9. The fourth-order valence-electron chi connectivity index (χ4n) is 2.10. The van der Waals surface area contributed by atoms with E-state index < -0.39 is 15.7 Å². The molecular formula is C17H19NO4S. The minimum Gasteiger partial charge on any atom is -0.497 e. The molecule has 0 fully saturated rings. The van der Waals surface area contributed by atoms with Crippen molar-refractivity contribution in [2.75, 3.05) is 12.9 Å². The molecule has 0 heterocycles. The first kappa shape index (κ1) is 17.0. The molecule has 0 saturated carbocycles. The summed E-state index contributed by atoms with van der Waals surface area (Å²) in [6, 6.07) is 13.5. The van der Waals surface area contributed by atoms with Crippen LogP contribution in [0, 0.1) is 0 Å². The molecule has 0 aromatic heterocycles. The highest BCUT2D eigenvalue weighted by molar-refractivity contribution is 7.91. The van der Waals surface area contributed by atoms with E-state index >= 15 is 0 Å². The van der Waals surface area contributed by atoms with Crippen molar-refractivity contribution in [3.63, 3.8) is 0 Å². The van der Waals surface area contributed by atoms with Gasteiger partial charge in [0.25, 0.3) is 5.91 Å². The third-order valence-corrected chi connectivity index (χ3v) is 5.25. The molecule has 5 nitrogen and oxygen atoms in total. The van der Waals surface area contributed by atoms with Crippen molar-refractivity contribution in [2.45, 2.75) is 18.4 Å². The molecule has 1 N–H and O–H groups in total. The number of amides is 1. The van der Waals surface area contributed by atoms with Gasteiger partial charge in [0.1, 0.15) is 5.75 Å². The van der Waals surface area contributed by atoms with E-state index in [-0.39, 0.29) is 16.2 Å². The van der Waals surface area contributed by atoms with Crippen LogP contribution in [-0.4, -0.2) is 27.2 Å². The highest BCUT2D eigenvalue weighted by Crippen LogP contribution is 2.17. The third-order valence-electron chi connectivity index (χ3n) is 3.46. The minimum absolute atomic E-state index is 0.0459. The van der Waals surface area contributed by atoms with Gasteiger partial charge in [0.2, 0.25) is 0 Å². The molecule has 0 unspecified atom stereocenters. The number of rotatable bonds is 6. The van der Waals surface area contributed by atoms with Crippen LogP contribution in [0.25, 0.3) is 0 Å². The molecule has 1 amide bonds. The number of carbonyl (C=O) groups excluding carboxylic acids is 1. The molecule has 23 heavy (non-hydrogen) atoms. The smallest absolute Gasteiger partial charge is 0.252 e. The van der Waals surface area contributed by atoms with Crippen molar-refractivity contribution in [1.29, 1.82) is 0 Å². The monoisotopic (exact) mass is 333 g/mol. The largest absolute Gasteiger partial charge is 0.497 e. The highest BCUT2D eigenvalue weighted by Gasteiger charge is 2.20. The highest BCUT2D eigenvalue weighted by atomic mass is 32.2. The average Bonchev–Trinajstić information content (AvgIpc) is 2.60. The molecule has 0 saturated heterocycles. The number of nitrogens with one attached hydrogen (secondary N) is 1. The topological polar surface area (TPSA) is 72.5 Å². The predicted molar refractivity (Wildman–Crippen MR) is 88.3 cm³/mol. The van der Waals surface area contributed by atoms with Crippen LogP contribution in [0.2, 0.25) is 0 Å². The van der Waals surface area contributed by atoms with E-state index in [1.165, 1.54) is 12.1 Å². The van der Waals surface area contributed by atoms with Crippen LogP contribution in [0.1, 0.15) is 22.8 Å². The molecule has 0 bridgehead atoms. The Kier molecular flexibility index (Phi) is 5.39. The quantitative estimate of drug-likeness (QED) is 0.881. The maximum atomic E-state index is 12.3. The number of hydrogen-bond donors (Lipinski definition) is 1. The molecule has 0 atom stereocenters. The van der Waals surface area contributed by atoms with Gasteiger partial charge >= 0.3 is 0 Å². The van der Waals surface area contributed by atoms with Gasteiger partial charge in [-0.3, -0.25) is 4.79 Å². The summed E-state index contributed by atoms with van der Waals surface area (Å²) in [7, 11) is -1.86. The minimum atomic E-state index is -3.44. The third kappa shape index (κ3) is 4.10. The van der Waals surface area contributed by atoms with Gasteiger partial charge in [-0.15, -0.1) is 0 Å². The van der Waals surface area contributed by atoms with Gasteiger partial charge in [-0.05, 0) is 29.8 Å². The van der Waals surface area contributed by atoms with Crippen LogP contribution in [0.3, 0.4) is 0 Å². The molecule has 122 valence electrons. The van der Waals surface area contributed by atoms with Gasteiger partial charge in [0, 0.05) is 6.54 Å². The first-order valence-electron chi connectivity index (χ1n) is 7.21. The summed E-state index contributed by atoms with van der Waals surface area (Å²) in [6.07, 6.45) is 0. The first-order valence-corrected chi connectivity index (χ1v) is 8.86. The van der Waals surface area contributed by atoms with E-state index in [0.717, 1.165) is 11.3 Å². The maximum absolute atomic E-state index is 12.3. The van der Waals surface area contributed by atoms with Gasteiger partial charge in [-0.25, -0.2) is 8.42 Å². The predicted octanol–water partition coefficient (Wildman–Crippen LogP) is 2.42. The molecule has 0 radical (unpaired) electrons. The Labute approximate surface area is 136 Å². The number of sulfone groups is 1. The second-order valence-electron chi connectivity index (χ2n) is 4.93. The lowest BCUT2D eigenvalue weighted by Crippen LogP contribution is -2.25. The molecule has 0 aliphatic carbocycles. The molecule has 2 aromatic carbocycles. The molecule has 2 aromatic rings. The van der Waals surface area contributed by atoms with Crippen molar-refractivity contribution in [1.82, 2.24) is 5.32 Å². The molecule has 0 spiro atoms. The Bertz CT molecular complexity index is 782. The van der Waals surface area contributed by atoms with Crippen molar-refractivity contribution < 1.29 is 17.9 Å². The lowest BCUT2D eigenvalue weighted by molar-refractivity contribution is 0.0947. The van der Waals surface area contributed by atoms with E-state index in [1.807, 2.05) is 12.1 Å². The summed E-state index contributed by atoms with van der Waals surface area (Å²) in [4.78, 5) is 12.4. The Morgan fingerprint density at radius 1 is 1.09 bits per heavy atom. The summed E-state index contributed by atoms with van der Waals surface area (Å²) in [5, 5.41) is 2.75. The summed E-state index contributed by atoms with van der Waals surface area (Å²) in [6.45, 7) is 1.87. The fraction of sp³-hybridized carbons (Fsp3) is 0.235. The van der Waals surface area contributed by atoms with Crippen molar-refractivity contribution in [2.24, 2.45) is 0 Å². The number of methoxy groups -OCH3 is 1. The lowest BCUT2D eigenvalue weighted by Gasteiger charge is -2.10. The Morgan fingerprint density at radius 3 is 2.35 bits per heavy atom. The Morgan fingerprint density at radius 2 is 1.74 bits per heavy atom. The van der Waals surface area contributed by atoms with E-state index in [2.05, 4.69) is 5.32 Å². The maximum Gasteiger partial charge on any atom is 0.252 e. The zero-order valence-electron chi connectivity index (χ0n) is 13.1. The van der Waals surface area contributed by atoms with Crippen molar-refractivity contribution in [3.05, 3.63) is 59.7 Å². The Hall–Kier alpha value is -2.34. The normalized spacial score (nSPS) is 11.0. The molecule has 2 rings (SSSR count). The van der Waals surface area contributed by atoms with E-state index in [4.69, 9.17) is 4.74 Å². The summed E-state index contributed by atoms with van der Waals surface area (Å²) < 4.78 is 29.2. The lowest BCUT2D eigenvalue weighted by atomic mass is 10.2. The first-order chi connectivity index (χ1) is 11.0. The SMILES string of the molecule is CCS(=O)(=O)c1ccccc1C(=O)NCc1ccc(OC)cc1. The zero-order valence-corrected chi connectivity index (χ0v) is 13.9. The van der Waals surface area contributed by atoms with Crippen LogP contribution >= 0.6 is 0 Å². The number of carbonyl (C=O) groups is 1. The number of ether oxygens (including phenoxy) is 1.